The Balaban J connectivity index is 0.00000539. The first kappa shape index (κ1) is 44.2. The van der Waals surface area contributed by atoms with Crippen molar-refractivity contribution in [3.8, 4) is 44.6 Å². The minimum atomic E-state index is -0.844. The standard InChI is InChI=1S/C62H45N4O.Ir/c1-41-29-34-51-53-38-50(61(3,56-27-14-16-35-63-56)49-26-18-23-47(37-49)45-32-30-44(31-33-45)43-19-8-5-9-20-43)39-54(58(53)67-60(51)65-41)55-40-52(46-21-10-6-11-22-46)42(2)59(66-55)62(4,48-24-12-7-13-25-48)57-28-15-17-36-64-57;/h5-24,27-38,40H,1-4H3;/q-3;+3. The Bertz CT molecular complexity index is 3500. The van der Waals surface area contributed by atoms with Gasteiger partial charge in [0, 0.05) is 34.6 Å². The van der Waals surface area contributed by atoms with Crippen LogP contribution in [-0.4, -0.2) is 19.9 Å². The first-order valence-electron chi connectivity index (χ1n) is 22.6. The summed E-state index contributed by atoms with van der Waals surface area (Å²) in [7, 11) is 0. The third kappa shape index (κ3) is 7.76. The molecule has 11 aromatic rings. The van der Waals surface area contributed by atoms with Gasteiger partial charge in [-0.05, 0) is 103 Å². The second-order valence-electron chi connectivity index (χ2n) is 17.5. The number of furan rings is 1. The van der Waals surface area contributed by atoms with E-state index in [1.54, 1.807) is 0 Å². The maximum atomic E-state index is 6.86. The quantitative estimate of drug-likeness (QED) is 0.128. The molecule has 0 aliphatic carbocycles. The third-order valence-electron chi connectivity index (χ3n) is 13.4. The van der Waals surface area contributed by atoms with E-state index in [0.717, 1.165) is 83.6 Å². The van der Waals surface area contributed by atoms with Crippen LogP contribution >= 0.6 is 0 Å². The van der Waals surface area contributed by atoms with Crippen LogP contribution in [0.3, 0.4) is 0 Å². The van der Waals surface area contributed by atoms with E-state index in [1.165, 1.54) is 11.1 Å². The number of aromatic nitrogens is 4. The zero-order valence-corrected chi connectivity index (χ0v) is 40.5. The second kappa shape index (κ2) is 18.2. The molecule has 2 atom stereocenters. The maximum Gasteiger partial charge on any atom is 3.00 e. The van der Waals surface area contributed by atoms with Gasteiger partial charge in [0.1, 0.15) is 0 Å². The van der Waals surface area contributed by atoms with E-state index in [2.05, 4.69) is 166 Å². The van der Waals surface area contributed by atoms with Crippen LogP contribution in [0.5, 0.6) is 0 Å². The van der Waals surface area contributed by atoms with Gasteiger partial charge in [-0.1, -0.05) is 114 Å². The van der Waals surface area contributed by atoms with Gasteiger partial charge in [-0.25, -0.2) is 4.98 Å². The first-order valence-corrected chi connectivity index (χ1v) is 22.6. The van der Waals surface area contributed by atoms with Crippen LogP contribution in [0.1, 0.15) is 58.9 Å². The zero-order chi connectivity index (χ0) is 45.5. The Labute approximate surface area is 411 Å². The normalized spacial score (nSPS) is 13.1. The van der Waals surface area contributed by atoms with Gasteiger partial charge in [0.2, 0.25) is 5.71 Å². The van der Waals surface area contributed by atoms with Crippen LogP contribution in [0, 0.1) is 32.0 Å². The largest absolute Gasteiger partial charge is 3.00 e. The predicted molar refractivity (Wildman–Crippen MR) is 270 cm³/mol. The molecular formula is C62H45IrN4O. The van der Waals surface area contributed by atoms with Crippen LogP contribution < -0.4 is 0 Å². The summed E-state index contributed by atoms with van der Waals surface area (Å²) >= 11 is 0. The summed E-state index contributed by atoms with van der Waals surface area (Å²) in [5.41, 5.74) is 14.9. The molecule has 0 N–H and O–H groups in total. The van der Waals surface area contributed by atoms with E-state index in [0.29, 0.717) is 17.0 Å². The number of benzene rings is 6. The number of nitrogens with zero attached hydrogens (tertiary/aromatic N) is 4. The summed E-state index contributed by atoms with van der Waals surface area (Å²) in [6.07, 6.45) is 3.71. The number of pyridine rings is 4. The molecule has 68 heavy (non-hydrogen) atoms. The molecular weight excluding hydrogens is 1010 g/mol. The van der Waals surface area contributed by atoms with Gasteiger partial charge in [0.15, 0.2) is 0 Å². The van der Waals surface area contributed by atoms with Crippen molar-refractivity contribution in [3.63, 3.8) is 0 Å². The molecule has 6 aromatic carbocycles. The maximum absolute atomic E-state index is 6.86. The summed E-state index contributed by atoms with van der Waals surface area (Å²) in [6, 6.07) is 76.2. The number of rotatable bonds is 10. The van der Waals surface area contributed by atoms with E-state index in [4.69, 9.17) is 24.4 Å². The van der Waals surface area contributed by atoms with Crippen LogP contribution in [0.2, 0.25) is 0 Å². The van der Waals surface area contributed by atoms with Crippen molar-refractivity contribution >= 4 is 22.1 Å². The van der Waals surface area contributed by atoms with Crippen LogP contribution in [0.4, 0.5) is 0 Å². The average molecular weight is 1050 g/mol. The Kier molecular flexibility index (Phi) is 11.8. The average Bonchev–Trinajstić information content (AvgIpc) is 3.77. The van der Waals surface area contributed by atoms with Crippen molar-refractivity contribution in [2.75, 3.05) is 0 Å². The smallest absolute Gasteiger partial charge is 0.486 e. The SMILES string of the molecule is Cc1ccc2c(n1)oc1c(-c3cc(-c4ccccc4)c(C)c(C(C)(c4[c-]cccc4)c4ccccn4)n3)[c-]c(C(C)(c3[c-]ccc(-c4ccc(-c5ccccc5)cc4)c3)c3ccccn3)cc12.[Ir+3]. The van der Waals surface area contributed by atoms with Crippen LogP contribution in [0.25, 0.3) is 66.7 Å². The summed E-state index contributed by atoms with van der Waals surface area (Å²) in [5, 5.41) is 1.82. The molecule has 5 aromatic heterocycles. The molecule has 0 radical (unpaired) electrons. The van der Waals surface area contributed by atoms with Crippen molar-refractivity contribution in [2.45, 2.75) is 38.5 Å². The van der Waals surface area contributed by atoms with Crippen molar-refractivity contribution in [3.05, 3.63) is 264 Å². The van der Waals surface area contributed by atoms with Crippen molar-refractivity contribution in [1.82, 2.24) is 19.9 Å². The number of hydrogen-bond acceptors (Lipinski definition) is 5. The van der Waals surface area contributed by atoms with Gasteiger partial charge in [0.25, 0.3) is 0 Å². The molecule has 2 unspecified atom stereocenters. The molecule has 0 spiro atoms. The molecule has 0 amide bonds. The summed E-state index contributed by atoms with van der Waals surface area (Å²) in [6.45, 7) is 8.58. The Morgan fingerprint density at radius 3 is 1.76 bits per heavy atom. The molecule has 0 fully saturated rings. The third-order valence-corrected chi connectivity index (χ3v) is 13.4. The monoisotopic (exact) mass is 1050 g/mol. The van der Waals surface area contributed by atoms with Gasteiger partial charge in [-0.2, -0.15) is 54.6 Å². The van der Waals surface area contributed by atoms with E-state index < -0.39 is 10.8 Å². The molecule has 328 valence electrons. The van der Waals surface area contributed by atoms with Gasteiger partial charge in [0.05, 0.1) is 22.4 Å². The molecule has 0 bridgehead atoms. The molecule has 5 heterocycles. The van der Waals surface area contributed by atoms with Crippen LogP contribution in [0.15, 0.2) is 205 Å². The minimum Gasteiger partial charge on any atom is -0.486 e. The van der Waals surface area contributed by atoms with Crippen molar-refractivity contribution in [1.29, 1.82) is 0 Å². The Morgan fingerprint density at radius 2 is 1.10 bits per heavy atom. The molecule has 0 aliphatic rings. The Hall–Kier alpha value is -7.63. The van der Waals surface area contributed by atoms with Gasteiger partial charge >= 0.3 is 20.1 Å². The van der Waals surface area contributed by atoms with E-state index >= 15 is 0 Å². The van der Waals surface area contributed by atoms with Gasteiger partial charge < -0.3 is 4.42 Å². The first-order chi connectivity index (χ1) is 32.8. The molecule has 0 saturated carbocycles. The molecule has 6 heteroatoms. The second-order valence-corrected chi connectivity index (χ2v) is 17.5. The number of aryl methyl sites for hydroxylation is 1. The predicted octanol–water partition coefficient (Wildman–Crippen LogP) is 14.6. The number of hydrogen-bond donors (Lipinski definition) is 0. The molecule has 11 rings (SSSR count). The summed E-state index contributed by atoms with van der Waals surface area (Å²) in [4.78, 5) is 20.7. The molecule has 5 nitrogen and oxygen atoms in total. The summed E-state index contributed by atoms with van der Waals surface area (Å²) in [5.74, 6) is 0. The topological polar surface area (TPSA) is 64.7 Å². The fourth-order valence-corrected chi connectivity index (χ4v) is 9.63. The van der Waals surface area contributed by atoms with E-state index in [9.17, 15) is 0 Å². The minimum absolute atomic E-state index is 0. The van der Waals surface area contributed by atoms with E-state index in [1.807, 2.05) is 80.0 Å². The van der Waals surface area contributed by atoms with Crippen LogP contribution in [-0.2, 0) is 30.9 Å². The van der Waals surface area contributed by atoms with E-state index in [-0.39, 0.29) is 20.1 Å². The fourth-order valence-electron chi connectivity index (χ4n) is 9.63. The zero-order valence-electron chi connectivity index (χ0n) is 38.1. The van der Waals surface area contributed by atoms with Crippen molar-refractivity contribution < 1.29 is 24.5 Å². The van der Waals surface area contributed by atoms with Gasteiger partial charge in [-0.15, -0.1) is 34.4 Å². The van der Waals surface area contributed by atoms with Gasteiger partial charge in [-0.3, -0.25) is 15.0 Å². The molecule has 0 aliphatic heterocycles. The molecule has 0 saturated heterocycles. The van der Waals surface area contributed by atoms with Crippen molar-refractivity contribution in [2.24, 2.45) is 0 Å². The Morgan fingerprint density at radius 1 is 0.485 bits per heavy atom. The summed E-state index contributed by atoms with van der Waals surface area (Å²) < 4.78 is 6.86. The fraction of sp³-hybridized carbons (Fsp3) is 0.0968. The number of fused-ring (bicyclic) bond motifs is 3.